The maximum atomic E-state index is 11.5. The van der Waals surface area contributed by atoms with Gasteiger partial charge in [0.15, 0.2) is 0 Å². The van der Waals surface area contributed by atoms with Gasteiger partial charge < -0.3 is 0 Å². The Morgan fingerprint density at radius 3 is 1.12 bits per heavy atom. The molecule has 0 fully saturated rings. The van der Waals surface area contributed by atoms with E-state index in [1.54, 1.807) is 0 Å². The van der Waals surface area contributed by atoms with Crippen LogP contribution in [0.5, 0.6) is 0 Å². The first-order chi connectivity index (χ1) is 6.96. The predicted molar refractivity (Wildman–Crippen MR) is 54.9 cm³/mol. The summed E-state index contributed by atoms with van der Waals surface area (Å²) in [5, 5.41) is 0. The molecule has 0 rings (SSSR count). The van der Waals surface area contributed by atoms with E-state index in [0.717, 1.165) is 0 Å². The normalized spacial score (nSPS) is 11.1. The zero-order valence-electron chi connectivity index (χ0n) is 10.7. The van der Waals surface area contributed by atoms with Gasteiger partial charge in [0.25, 0.3) is 0 Å². The molecule has 0 radical (unpaired) electrons. The van der Waals surface area contributed by atoms with Crippen LogP contribution in [0.4, 0.5) is 0 Å². The van der Waals surface area contributed by atoms with Crippen LogP contribution in [0.15, 0.2) is 0 Å². The van der Waals surface area contributed by atoms with E-state index in [-0.39, 0.29) is 18.0 Å². The molecule has 0 bridgehead atoms. The van der Waals surface area contributed by atoms with Gasteiger partial charge in [-0.3, -0.25) is 9.59 Å². The molecule has 0 amide bonds. The summed E-state index contributed by atoms with van der Waals surface area (Å²) < 4.78 is 17.0. The van der Waals surface area contributed by atoms with Crippen LogP contribution in [0, 0.1) is 10.8 Å². The summed E-state index contributed by atoms with van der Waals surface area (Å²) in [5.74, 6) is 0.0415. The monoisotopic (exact) mass is 314 g/mol. The van der Waals surface area contributed by atoms with Gasteiger partial charge in [-0.2, -0.15) is 0 Å². The van der Waals surface area contributed by atoms with E-state index in [1.165, 1.54) is 0 Å². The van der Waals surface area contributed by atoms with Gasteiger partial charge >= 0.3 is 25.3 Å². The van der Waals surface area contributed by atoms with Crippen molar-refractivity contribution < 1.29 is 34.9 Å². The van der Waals surface area contributed by atoms with Crippen molar-refractivity contribution in [3.05, 3.63) is 0 Å². The average Bonchev–Trinajstić information content (AvgIpc) is 2.01. The first-order valence-electron chi connectivity index (χ1n) is 4.95. The van der Waals surface area contributed by atoms with Crippen molar-refractivity contribution in [1.82, 2.24) is 0 Å². The minimum absolute atomic E-state index is 0.0208. The molecule has 0 saturated heterocycles. The molecule has 0 spiro atoms. The first-order valence-corrected chi connectivity index (χ1v) is 6.59. The van der Waals surface area contributed by atoms with E-state index in [4.69, 9.17) is 6.80 Å². The minimum atomic E-state index is -2.03. The molecular weight excluding hydrogens is 292 g/mol. The Balaban J connectivity index is 0. The van der Waals surface area contributed by atoms with Crippen LogP contribution in [-0.2, 0) is 34.9 Å². The van der Waals surface area contributed by atoms with E-state index >= 15 is 0 Å². The summed E-state index contributed by atoms with van der Waals surface area (Å²) in [6, 6.07) is 0. The third-order valence-electron chi connectivity index (χ3n) is 1.99. The molecule has 0 atom stereocenters. The number of Topliss-reactive ketones (excluding diaryl/α,β-unsaturated/α-hetero) is 2. The molecule has 0 unspecified atom stereocenters. The summed E-state index contributed by atoms with van der Waals surface area (Å²) in [6.45, 7) is 11.0. The second-order valence-electron chi connectivity index (χ2n) is 5.59. The molecule has 16 heavy (non-hydrogen) atoms. The molecule has 0 N–H and O–H groups in total. The van der Waals surface area contributed by atoms with Gasteiger partial charge in [0.2, 0.25) is 0 Å². The summed E-state index contributed by atoms with van der Waals surface area (Å²) >= 11 is -2.03. The third kappa shape index (κ3) is 8.90. The Kier molecular flexibility index (Phi) is 7.94. The number of ketones is 2. The van der Waals surface area contributed by atoms with Crippen LogP contribution in [0.1, 0.15) is 48.0 Å². The van der Waals surface area contributed by atoms with Crippen molar-refractivity contribution in [1.29, 1.82) is 0 Å². The zero-order chi connectivity index (χ0) is 13.6. The van der Waals surface area contributed by atoms with Crippen molar-refractivity contribution in [2.45, 2.75) is 48.0 Å². The Morgan fingerprint density at radius 1 is 0.812 bits per heavy atom. The van der Waals surface area contributed by atoms with Gasteiger partial charge in [0.1, 0.15) is 11.6 Å². The Bertz CT molecular complexity index is 264. The molecule has 94 valence electrons. The number of hydrogen-bond acceptors (Lipinski definition) is 4. The van der Waals surface area contributed by atoms with Crippen LogP contribution in [0.2, 0.25) is 0 Å². The number of rotatable bonds is 2. The maximum absolute atomic E-state index is 11.5. The summed E-state index contributed by atoms with van der Waals surface area (Å²) in [6.07, 6.45) is 0.0625. The Labute approximate surface area is 105 Å². The average molecular weight is 312 g/mol. The van der Waals surface area contributed by atoms with E-state index in [9.17, 15) is 9.59 Å². The van der Waals surface area contributed by atoms with Crippen molar-refractivity contribution in [2.75, 3.05) is 0 Å². The second kappa shape index (κ2) is 7.05. The van der Waals surface area contributed by atoms with Gasteiger partial charge in [-0.25, -0.2) is 0 Å². The zero-order valence-corrected chi connectivity index (χ0v) is 12.8. The predicted octanol–water partition coefficient (Wildman–Crippen LogP) is 2.37. The SMILES string of the molecule is CC(C)(C)C(=O)CC(=O)C(C)(C)C.[O]=[Mo]=[O]. The van der Waals surface area contributed by atoms with Crippen molar-refractivity contribution in [3.8, 4) is 0 Å². The van der Waals surface area contributed by atoms with Crippen molar-refractivity contribution in [2.24, 2.45) is 10.8 Å². The van der Waals surface area contributed by atoms with E-state index < -0.39 is 29.3 Å². The van der Waals surface area contributed by atoms with Crippen LogP contribution in [0.25, 0.3) is 0 Å². The van der Waals surface area contributed by atoms with Crippen molar-refractivity contribution in [3.63, 3.8) is 0 Å². The fourth-order valence-electron chi connectivity index (χ4n) is 0.676. The van der Waals surface area contributed by atoms with Gasteiger partial charge in [-0.1, -0.05) is 41.5 Å². The van der Waals surface area contributed by atoms with E-state index in [1.807, 2.05) is 41.5 Å². The second-order valence-corrected chi connectivity index (χ2v) is 5.93. The molecule has 0 aliphatic carbocycles. The fourth-order valence-corrected chi connectivity index (χ4v) is 0.676. The molecule has 0 aromatic heterocycles. The Hall–Kier alpha value is -0.372. The van der Waals surface area contributed by atoms with Crippen LogP contribution < -0.4 is 0 Å². The van der Waals surface area contributed by atoms with E-state index in [0.29, 0.717) is 0 Å². The van der Waals surface area contributed by atoms with Gasteiger partial charge in [0, 0.05) is 10.8 Å². The summed E-state index contributed by atoms with van der Waals surface area (Å²) in [4.78, 5) is 23.0. The topological polar surface area (TPSA) is 68.3 Å². The quantitative estimate of drug-likeness (QED) is 0.580. The van der Waals surface area contributed by atoms with E-state index in [2.05, 4.69) is 0 Å². The van der Waals surface area contributed by atoms with Crippen LogP contribution in [-0.4, -0.2) is 11.6 Å². The summed E-state index contributed by atoms with van der Waals surface area (Å²) in [7, 11) is 0. The molecule has 0 aromatic rings. The van der Waals surface area contributed by atoms with Gasteiger partial charge in [-0.15, -0.1) is 0 Å². The molecule has 4 nitrogen and oxygen atoms in total. The standard InChI is InChI=1S/C11H20O2.Mo.2O/c1-10(2,3)8(12)7-9(13)11(4,5)6;;;/h7H2,1-6H3;;;. The fraction of sp³-hybridized carbons (Fsp3) is 0.818. The van der Waals surface area contributed by atoms with Crippen LogP contribution in [0.3, 0.4) is 0 Å². The molecule has 0 saturated carbocycles. The first kappa shape index (κ1) is 18.0. The third-order valence-corrected chi connectivity index (χ3v) is 1.99. The van der Waals surface area contributed by atoms with Gasteiger partial charge in [0.05, 0.1) is 6.42 Å². The molecule has 0 heterocycles. The molecule has 0 aliphatic heterocycles. The molecule has 0 aromatic carbocycles. The molecule has 0 aliphatic rings. The van der Waals surface area contributed by atoms with Crippen LogP contribution >= 0.6 is 0 Å². The number of carbonyl (C=O) groups excluding carboxylic acids is 2. The molecular formula is C11H20MoO4. The molecule has 5 heteroatoms. The number of carbonyl (C=O) groups is 2. The van der Waals surface area contributed by atoms with Gasteiger partial charge in [-0.05, 0) is 0 Å². The summed E-state index contributed by atoms with van der Waals surface area (Å²) in [5.41, 5.74) is -0.804. The Morgan fingerprint density at radius 2 is 1.00 bits per heavy atom. The van der Waals surface area contributed by atoms with Crippen molar-refractivity contribution >= 4 is 11.6 Å². The number of hydrogen-bond donors (Lipinski definition) is 0.